The van der Waals surface area contributed by atoms with Gasteiger partial charge in [0, 0.05) is 45.2 Å². The molecule has 0 spiro atoms. The van der Waals surface area contributed by atoms with Gasteiger partial charge in [0.05, 0.1) is 5.92 Å². The van der Waals surface area contributed by atoms with E-state index >= 15 is 0 Å². The molecule has 2 unspecified atom stereocenters. The molecule has 2 atom stereocenters. The van der Waals surface area contributed by atoms with Crippen LogP contribution in [0.15, 0.2) is 0 Å². The van der Waals surface area contributed by atoms with Crippen LogP contribution in [-0.2, 0) is 4.79 Å². The van der Waals surface area contributed by atoms with Crippen molar-refractivity contribution < 1.29 is 18.0 Å². The average Bonchev–Trinajstić information content (AvgIpc) is 2.66. The highest BCUT2D eigenvalue weighted by Gasteiger charge is 2.42. The van der Waals surface area contributed by atoms with Gasteiger partial charge in [-0.05, 0) is 6.42 Å². The van der Waals surface area contributed by atoms with Gasteiger partial charge < -0.3 is 10.6 Å². The summed E-state index contributed by atoms with van der Waals surface area (Å²) in [5.74, 6) is -1.34. The Morgan fingerprint density at radius 1 is 1.39 bits per heavy atom. The highest BCUT2D eigenvalue weighted by atomic mass is 19.4. The zero-order chi connectivity index (χ0) is 13.3. The number of alkyl halides is 3. The maximum Gasteiger partial charge on any atom is 0.394 e. The van der Waals surface area contributed by atoms with Crippen molar-refractivity contribution >= 4 is 5.91 Å². The lowest BCUT2D eigenvalue weighted by molar-refractivity contribution is -0.177. The summed E-state index contributed by atoms with van der Waals surface area (Å²) in [6.45, 7) is 1.15. The summed E-state index contributed by atoms with van der Waals surface area (Å²) in [5, 5.41) is 0. The Morgan fingerprint density at radius 3 is 2.72 bits per heavy atom. The zero-order valence-electron chi connectivity index (χ0n) is 10.1. The molecular weight excluding hydrogens is 247 g/mol. The van der Waals surface area contributed by atoms with Gasteiger partial charge in [-0.1, -0.05) is 0 Å². The van der Waals surface area contributed by atoms with Crippen LogP contribution >= 0.6 is 0 Å². The molecule has 2 aliphatic rings. The van der Waals surface area contributed by atoms with Gasteiger partial charge in [-0.15, -0.1) is 0 Å². The van der Waals surface area contributed by atoms with E-state index in [1.54, 1.807) is 9.80 Å². The third-order valence-electron chi connectivity index (χ3n) is 3.80. The monoisotopic (exact) mass is 265 g/mol. The standard InChI is InChI=1S/C11H18F3N3O/c12-11(13,14)8(5-15)6-16-3-4-17-9(7-16)1-2-10(17)18/h8-9H,1-7,15H2. The molecule has 0 bridgehead atoms. The number of hydrogen-bond acceptors (Lipinski definition) is 3. The molecule has 104 valence electrons. The van der Waals surface area contributed by atoms with E-state index in [9.17, 15) is 18.0 Å². The summed E-state index contributed by atoms with van der Waals surface area (Å²) < 4.78 is 37.9. The number of rotatable bonds is 3. The lowest BCUT2D eigenvalue weighted by Gasteiger charge is -2.39. The molecule has 2 aliphatic heterocycles. The van der Waals surface area contributed by atoms with Gasteiger partial charge in [0.25, 0.3) is 0 Å². The predicted octanol–water partition coefficient (Wildman–Crippen LogP) is 0.430. The Kier molecular flexibility index (Phi) is 3.82. The molecule has 0 aliphatic carbocycles. The lowest BCUT2D eigenvalue weighted by Crippen LogP contribution is -2.54. The van der Waals surface area contributed by atoms with Crippen LogP contribution in [0, 0.1) is 5.92 Å². The summed E-state index contributed by atoms with van der Waals surface area (Å²) in [6.07, 6.45) is -2.95. The van der Waals surface area contributed by atoms with Crippen LogP contribution in [0.1, 0.15) is 12.8 Å². The van der Waals surface area contributed by atoms with Gasteiger partial charge in [0.15, 0.2) is 0 Å². The number of nitrogens with two attached hydrogens (primary N) is 1. The minimum atomic E-state index is -4.24. The van der Waals surface area contributed by atoms with E-state index in [0.717, 1.165) is 6.42 Å². The third-order valence-corrected chi connectivity index (χ3v) is 3.80. The Morgan fingerprint density at radius 2 is 2.11 bits per heavy atom. The van der Waals surface area contributed by atoms with E-state index in [1.165, 1.54) is 0 Å². The third kappa shape index (κ3) is 2.77. The van der Waals surface area contributed by atoms with Gasteiger partial charge in [-0.3, -0.25) is 9.69 Å². The molecule has 2 saturated heterocycles. The Bertz CT molecular complexity index is 321. The first-order valence-corrected chi connectivity index (χ1v) is 6.20. The van der Waals surface area contributed by atoms with Crippen molar-refractivity contribution in [1.82, 2.24) is 9.80 Å². The van der Waals surface area contributed by atoms with Gasteiger partial charge in [-0.25, -0.2) is 0 Å². The van der Waals surface area contributed by atoms with E-state index in [0.29, 0.717) is 26.1 Å². The van der Waals surface area contributed by atoms with Crippen LogP contribution in [0.5, 0.6) is 0 Å². The van der Waals surface area contributed by atoms with Gasteiger partial charge in [0.1, 0.15) is 0 Å². The van der Waals surface area contributed by atoms with Crippen LogP contribution in [0.4, 0.5) is 13.2 Å². The minimum Gasteiger partial charge on any atom is -0.337 e. The molecule has 2 fully saturated rings. The van der Waals surface area contributed by atoms with Gasteiger partial charge >= 0.3 is 6.18 Å². The lowest BCUT2D eigenvalue weighted by atomic mass is 10.1. The largest absolute Gasteiger partial charge is 0.394 e. The second-order valence-corrected chi connectivity index (χ2v) is 5.01. The Hall–Kier alpha value is -0.820. The maximum absolute atomic E-state index is 12.6. The van der Waals surface area contributed by atoms with E-state index in [2.05, 4.69) is 0 Å². The highest BCUT2D eigenvalue weighted by molar-refractivity contribution is 5.78. The fourth-order valence-corrected chi connectivity index (χ4v) is 2.72. The summed E-state index contributed by atoms with van der Waals surface area (Å²) in [7, 11) is 0. The van der Waals surface area contributed by atoms with Crippen molar-refractivity contribution in [3.8, 4) is 0 Å². The summed E-state index contributed by atoms with van der Waals surface area (Å²) in [5.41, 5.74) is 5.19. The van der Waals surface area contributed by atoms with Crippen molar-refractivity contribution in [1.29, 1.82) is 0 Å². The number of nitrogens with zero attached hydrogens (tertiary/aromatic N) is 2. The molecule has 0 aromatic carbocycles. The van der Waals surface area contributed by atoms with Crippen LogP contribution in [0.25, 0.3) is 0 Å². The number of carbonyl (C=O) groups excluding carboxylic acids is 1. The van der Waals surface area contributed by atoms with Crippen LogP contribution < -0.4 is 5.73 Å². The molecule has 2 rings (SSSR count). The Labute approximate surface area is 104 Å². The van der Waals surface area contributed by atoms with Gasteiger partial charge in [-0.2, -0.15) is 13.2 Å². The van der Waals surface area contributed by atoms with E-state index < -0.39 is 12.1 Å². The molecular formula is C11H18F3N3O. The number of halogens is 3. The molecule has 0 aromatic rings. The van der Waals surface area contributed by atoms with E-state index in [4.69, 9.17) is 5.73 Å². The predicted molar refractivity (Wildman–Crippen MR) is 59.8 cm³/mol. The number of fused-ring (bicyclic) bond motifs is 1. The zero-order valence-corrected chi connectivity index (χ0v) is 10.1. The minimum absolute atomic E-state index is 0.0570. The maximum atomic E-state index is 12.6. The molecule has 0 saturated carbocycles. The molecule has 2 heterocycles. The quantitative estimate of drug-likeness (QED) is 0.805. The summed E-state index contributed by atoms with van der Waals surface area (Å²) in [4.78, 5) is 15.0. The highest BCUT2D eigenvalue weighted by Crippen LogP contribution is 2.28. The molecule has 0 aromatic heterocycles. The molecule has 1 amide bonds. The molecule has 18 heavy (non-hydrogen) atoms. The van der Waals surface area contributed by atoms with Crippen molar-refractivity contribution in [3.05, 3.63) is 0 Å². The first-order valence-electron chi connectivity index (χ1n) is 6.20. The topological polar surface area (TPSA) is 49.6 Å². The second kappa shape index (κ2) is 5.05. The van der Waals surface area contributed by atoms with Crippen molar-refractivity contribution in [2.45, 2.75) is 25.1 Å². The molecule has 0 radical (unpaired) electrons. The van der Waals surface area contributed by atoms with Crippen molar-refractivity contribution in [3.63, 3.8) is 0 Å². The fraction of sp³-hybridized carbons (Fsp3) is 0.909. The SMILES string of the molecule is NCC(CN1CCN2C(=O)CCC2C1)C(F)(F)F. The van der Waals surface area contributed by atoms with E-state index in [-0.39, 0.29) is 25.0 Å². The second-order valence-electron chi connectivity index (χ2n) is 5.01. The molecule has 7 heteroatoms. The van der Waals surface area contributed by atoms with Crippen molar-refractivity contribution in [2.24, 2.45) is 11.7 Å². The summed E-state index contributed by atoms with van der Waals surface area (Å²) in [6, 6.07) is 0.0953. The van der Waals surface area contributed by atoms with Gasteiger partial charge in [0.2, 0.25) is 5.91 Å². The summed E-state index contributed by atoms with van der Waals surface area (Å²) >= 11 is 0. The normalized spacial score (nSPS) is 27.4. The van der Waals surface area contributed by atoms with Crippen LogP contribution in [0.3, 0.4) is 0 Å². The Balaban J connectivity index is 1.90. The average molecular weight is 265 g/mol. The molecule has 4 nitrogen and oxygen atoms in total. The smallest absolute Gasteiger partial charge is 0.337 e. The first-order chi connectivity index (χ1) is 8.41. The molecule has 2 N–H and O–H groups in total. The fourth-order valence-electron chi connectivity index (χ4n) is 2.72. The number of carbonyl (C=O) groups is 1. The number of hydrogen-bond donors (Lipinski definition) is 1. The first kappa shape index (κ1) is 13.6. The number of amides is 1. The van der Waals surface area contributed by atoms with Crippen LogP contribution in [0.2, 0.25) is 0 Å². The van der Waals surface area contributed by atoms with Crippen molar-refractivity contribution in [2.75, 3.05) is 32.7 Å². The van der Waals surface area contributed by atoms with E-state index in [1.807, 2.05) is 0 Å². The number of piperazine rings is 1. The van der Waals surface area contributed by atoms with Crippen LogP contribution in [-0.4, -0.2) is 60.6 Å².